The van der Waals surface area contributed by atoms with Gasteiger partial charge in [-0.2, -0.15) is 11.3 Å². The smallest absolute Gasteiger partial charge is 0.207 e. The Labute approximate surface area is 132 Å². The lowest BCUT2D eigenvalue weighted by atomic mass is 10.2. The second-order valence-electron chi connectivity index (χ2n) is 4.45. The summed E-state index contributed by atoms with van der Waals surface area (Å²) < 4.78 is 26.9. The number of rotatable bonds is 5. The number of thiophene rings is 2. The van der Waals surface area contributed by atoms with Crippen LogP contribution in [0, 0.1) is 0 Å². The minimum absolute atomic E-state index is 0.291. The van der Waals surface area contributed by atoms with Gasteiger partial charge in [0.25, 0.3) is 0 Å². The van der Waals surface area contributed by atoms with E-state index in [0.717, 1.165) is 10.4 Å². The van der Waals surface area contributed by atoms with E-state index in [1.54, 1.807) is 53.0 Å². The van der Waals surface area contributed by atoms with Gasteiger partial charge >= 0.3 is 0 Å². The van der Waals surface area contributed by atoms with Gasteiger partial charge in [0.15, 0.2) is 0 Å². The fourth-order valence-corrected chi connectivity index (χ4v) is 4.52. The summed E-state index contributed by atoms with van der Waals surface area (Å²) in [5.41, 5.74) is 2.31. The first-order chi connectivity index (χ1) is 10.1. The summed E-state index contributed by atoms with van der Waals surface area (Å²) in [5, 5.41) is 6.17. The van der Waals surface area contributed by atoms with Crippen molar-refractivity contribution in [1.82, 2.24) is 4.72 Å². The van der Waals surface area contributed by atoms with Crippen molar-refractivity contribution in [1.29, 1.82) is 0 Å². The first-order valence-corrected chi connectivity index (χ1v) is 9.60. The number of sulfonamides is 1. The lowest BCUT2D eigenvalue weighted by Gasteiger charge is -2.04. The molecule has 6 heteroatoms. The third-order valence-corrected chi connectivity index (χ3v) is 6.04. The molecule has 0 aliphatic rings. The van der Waals surface area contributed by atoms with Crippen LogP contribution in [0.25, 0.3) is 11.1 Å². The van der Waals surface area contributed by atoms with Crippen LogP contribution >= 0.6 is 22.7 Å². The third kappa shape index (κ3) is 3.41. The fraction of sp³-hybridized carbons (Fsp3) is 0.0667. The Balaban J connectivity index is 1.71. The molecule has 0 atom stereocenters. The molecular weight excluding hydrogens is 322 g/mol. The SMILES string of the molecule is O=S(=O)(NCc1cc(-c2ccsc2)cs1)c1ccccc1. The molecule has 21 heavy (non-hydrogen) atoms. The maximum absolute atomic E-state index is 12.1. The number of nitrogens with one attached hydrogen (secondary N) is 1. The van der Waals surface area contributed by atoms with Gasteiger partial charge in [0.05, 0.1) is 4.90 Å². The van der Waals surface area contributed by atoms with Crippen molar-refractivity contribution in [3.63, 3.8) is 0 Å². The molecule has 0 unspecified atom stereocenters. The molecular formula is C15H13NO2S3. The van der Waals surface area contributed by atoms with Gasteiger partial charge < -0.3 is 0 Å². The lowest BCUT2D eigenvalue weighted by molar-refractivity contribution is 0.582. The van der Waals surface area contributed by atoms with E-state index < -0.39 is 10.0 Å². The van der Waals surface area contributed by atoms with Gasteiger partial charge in [-0.3, -0.25) is 0 Å². The molecule has 0 aliphatic carbocycles. The van der Waals surface area contributed by atoms with E-state index in [9.17, 15) is 8.42 Å². The van der Waals surface area contributed by atoms with Crippen molar-refractivity contribution < 1.29 is 8.42 Å². The molecule has 0 bridgehead atoms. The summed E-state index contributed by atoms with van der Waals surface area (Å²) in [7, 11) is -3.44. The van der Waals surface area contributed by atoms with Crippen molar-refractivity contribution in [3.8, 4) is 11.1 Å². The number of hydrogen-bond donors (Lipinski definition) is 1. The average Bonchev–Trinajstić information content (AvgIpc) is 3.17. The first kappa shape index (κ1) is 14.5. The Kier molecular flexibility index (Phi) is 4.21. The predicted molar refractivity (Wildman–Crippen MR) is 88.1 cm³/mol. The van der Waals surface area contributed by atoms with Gasteiger partial charge in [0.2, 0.25) is 10.0 Å². The summed E-state index contributed by atoms with van der Waals surface area (Å²) in [4.78, 5) is 1.29. The molecule has 3 nitrogen and oxygen atoms in total. The van der Waals surface area contributed by atoms with Crippen LogP contribution in [-0.2, 0) is 16.6 Å². The van der Waals surface area contributed by atoms with Crippen LogP contribution in [-0.4, -0.2) is 8.42 Å². The maximum atomic E-state index is 12.1. The highest BCUT2D eigenvalue weighted by atomic mass is 32.2. The van der Waals surface area contributed by atoms with Crippen molar-refractivity contribution in [3.05, 3.63) is 63.5 Å². The van der Waals surface area contributed by atoms with E-state index in [1.807, 2.05) is 16.8 Å². The Hall–Kier alpha value is -1.47. The number of hydrogen-bond acceptors (Lipinski definition) is 4. The van der Waals surface area contributed by atoms with Gasteiger partial charge in [0.1, 0.15) is 0 Å². The molecule has 0 saturated heterocycles. The zero-order chi connectivity index (χ0) is 14.7. The topological polar surface area (TPSA) is 46.2 Å². The van der Waals surface area contributed by atoms with Gasteiger partial charge in [-0.15, -0.1) is 11.3 Å². The molecule has 0 saturated carbocycles. The molecule has 1 N–H and O–H groups in total. The monoisotopic (exact) mass is 335 g/mol. The second kappa shape index (κ2) is 6.11. The molecule has 2 heterocycles. The van der Waals surface area contributed by atoms with E-state index >= 15 is 0 Å². The Morgan fingerprint density at radius 1 is 1.00 bits per heavy atom. The standard InChI is InChI=1S/C15H13NO2S3/c17-21(18,15-4-2-1-3-5-15)16-9-14-8-13(11-20-14)12-6-7-19-10-12/h1-8,10-11,16H,9H2. The molecule has 0 aliphatic heterocycles. The normalized spacial score (nSPS) is 11.6. The number of benzene rings is 1. The first-order valence-electron chi connectivity index (χ1n) is 6.30. The highest BCUT2D eigenvalue weighted by molar-refractivity contribution is 7.89. The molecule has 0 spiro atoms. The zero-order valence-electron chi connectivity index (χ0n) is 11.0. The van der Waals surface area contributed by atoms with Crippen LogP contribution in [0.4, 0.5) is 0 Å². The quantitative estimate of drug-likeness (QED) is 0.767. The zero-order valence-corrected chi connectivity index (χ0v) is 13.5. The summed E-state index contributed by atoms with van der Waals surface area (Å²) in [6.07, 6.45) is 0. The molecule has 0 amide bonds. The van der Waals surface area contributed by atoms with E-state index in [0.29, 0.717) is 11.4 Å². The van der Waals surface area contributed by atoms with Gasteiger partial charge in [-0.05, 0) is 51.5 Å². The molecule has 0 fully saturated rings. The Morgan fingerprint density at radius 3 is 2.52 bits per heavy atom. The third-order valence-electron chi connectivity index (χ3n) is 3.00. The van der Waals surface area contributed by atoms with Crippen LogP contribution in [0.2, 0.25) is 0 Å². The molecule has 108 valence electrons. The van der Waals surface area contributed by atoms with Gasteiger partial charge in [-0.1, -0.05) is 18.2 Å². The van der Waals surface area contributed by atoms with Crippen LogP contribution in [0.1, 0.15) is 4.88 Å². The second-order valence-corrected chi connectivity index (χ2v) is 7.99. The van der Waals surface area contributed by atoms with Crippen LogP contribution in [0.5, 0.6) is 0 Å². The van der Waals surface area contributed by atoms with Crippen LogP contribution < -0.4 is 4.72 Å². The predicted octanol–water partition coefficient (Wildman–Crippen LogP) is 3.96. The average molecular weight is 335 g/mol. The lowest BCUT2D eigenvalue weighted by Crippen LogP contribution is -2.22. The molecule has 2 aromatic heterocycles. The summed E-state index contributed by atoms with van der Waals surface area (Å²) >= 11 is 3.21. The van der Waals surface area contributed by atoms with Crippen LogP contribution in [0.3, 0.4) is 0 Å². The van der Waals surface area contributed by atoms with Gasteiger partial charge in [-0.25, -0.2) is 13.1 Å². The Morgan fingerprint density at radius 2 is 1.81 bits per heavy atom. The minimum atomic E-state index is -3.44. The van der Waals surface area contributed by atoms with E-state index in [-0.39, 0.29) is 0 Å². The summed E-state index contributed by atoms with van der Waals surface area (Å²) in [5.74, 6) is 0. The van der Waals surface area contributed by atoms with Crippen molar-refractivity contribution in [2.75, 3.05) is 0 Å². The van der Waals surface area contributed by atoms with Crippen molar-refractivity contribution in [2.24, 2.45) is 0 Å². The molecule has 0 radical (unpaired) electrons. The van der Waals surface area contributed by atoms with Crippen molar-refractivity contribution in [2.45, 2.75) is 11.4 Å². The molecule has 1 aromatic carbocycles. The largest absolute Gasteiger partial charge is 0.240 e. The molecule has 3 aromatic rings. The molecule has 3 rings (SSSR count). The fourth-order valence-electron chi connectivity index (χ4n) is 1.90. The van der Waals surface area contributed by atoms with Crippen molar-refractivity contribution >= 4 is 32.7 Å². The van der Waals surface area contributed by atoms with E-state index in [4.69, 9.17) is 0 Å². The highest BCUT2D eigenvalue weighted by Gasteiger charge is 2.13. The van der Waals surface area contributed by atoms with Gasteiger partial charge in [0, 0.05) is 11.4 Å². The minimum Gasteiger partial charge on any atom is -0.207 e. The van der Waals surface area contributed by atoms with E-state index in [2.05, 4.69) is 16.2 Å². The van der Waals surface area contributed by atoms with Crippen LogP contribution in [0.15, 0.2) is 63.5 Å². The maximum Gasteiger partial charge on any atom is 0.240 e. The van der Waals surface area contributed by atoms with E-state index in [1.165, 1.54) is 5.56 Å². The summed E-state index contributed by atoms with van der Waals surface area (Å²) in [6, 6.07) is 12.5. The highest BCUT2D eigenvalue weighted by Crippen LogP contribution is 2.27. The Bertz CT molecular complexity index is 806. The summed E-state index contributed by atoms with van der Waals surface area (Å²) in [6.45, 7) is 0.312.